The number of carbonyl (C=O) groups excluding carboxylic acids is 1. The highest BCUT2D eigenvalue weighted by Crippen LogP contribution is 2.23. The van der Waals surface area contributed by atoms with E-state index < -0.39 is 12.2 Å². The molecule has 1 heterocycles. The molecule has 0 spiro atoms. The number of carbonyl (C=O) groups is 1. The molecule has 0 unspecified atom stereocenters. The van der Waals surface area contributed by atoms with Crippen LogP contribution in [0.5, 0.6) is 5.88 Å². The molecule has 0 amide bonds. The number of hydrogen-bond acceptors (Lipinski definition) is 3. The van der Waals surface area contributed by atoms with Crippen LogP contribution in [0.4, 0.5) is 8.78 Å². The van der Waals surface area contributed by atoms with Crippen molar-refractivity contribution in [1.82, 2.24) is 4.98 Å². The molecule has 0 saturated heterocycles. The van der Waals surface area contributed by atoms with E-state index in [0.29, 0.717) is 5.88 Å². The van der Waals surface area contributed by atoms with Crippen LogP contribution in [0.25, 0.3) is 0 Å². The highest BCUT2D eigenvalue weighted by molar-refractivity contribution is 5.98. The molecular formula is C12H13F2NO2. The fraction of sp³-hybridized carbons (Fsp3) is 0.500. The number of ketones is 1. The lowest BCUT2D eigenvalue weighted by atomic mass is 10.2. The smallest absolute Gasteiger partial charge is 0.300 e. The standard InChI is InChI=1S/C12H13F2NO2/c13-12(14)11(16)8-5-6-10(15-7-8)17-9-3-1-2-4-9/h5-7,9,12H,1-4H2. The van der Waals surface area contributed by atoms with Gasteiger partial charge < -0.3 is 4.74 Å². The van der Waals surface area contributed by atoms with Crippen molar-refractivity contribution in [3.63, 3.8) is 0 Å². The Hall–Kier alpha value is -1.52. The molecule has 17 heavy (non-hydrogen) atoms. The maximum Gasteiger partial charge on any atom is 0.300 e. The van der Waals surface area contributed by atoms with Gasteiger partial charge in [-0.25, -0.2) is 13.8 Å². The summed E-state index contributed by atoms with van der Waals surface area (Å²) in [6, 6.07) is 2.79. The topological polar surface area (TPSA) is 39.2 Å². The molecule has 0 aromatic carbocycles. The summed E-state index contributed by atoms with van der Waals surface area (Å²) < 4.78 is 29.8. The zero-order chi connectivity index (χ0) is 12.3. The summed E-state index contributed by atoms with van der Waals surface area (Å²) in [6.45, 7) is 0. The third-order valence-corrected chi connectivity index (χ3v) is 2.81. The summed E-state index contributed by atoms with van der Waals surface area (Å²) in [5, 5.41) is 0. The number of Topliss-reactive ketones (excluding diaryl/α,β-unsaturated/α-hetero) is 1. The molecule has 1 aliphatic rings. The first kappa shape index (κ1) is 12.0. The van der Waals surface area contributed by atoms with Crippen LogP contribution in [0.2, 0.25) is 0 Å². The number of halogens is 2. The minimum atomic E-state index is -2.99. The Labute approximate surface area is 97.8 Å². The lowest BCUT2D eigenvalue weighted by molar-refractivity contribution is 0.0678. The molecule has 2 rings (SSSR count). The first-order valence-corrected chi connectivity index (χ1v) is 5.62. The van der Waals surface area contributed by atoms with E-state index >= 15 is 0 Å². The number of alkyl halides is 2. The number of rotatable bonds is 4. The van der Waals surface area contributed by atoms with Gasteiger partial charge in [0.25, 0.3) is 0 Å². The van der Waals surface area contributed by atoms with Gasteiger partial charge in [0.05, 0.1) is 0 Å². The number of ether oxygens (including phenoxy) is 1. The van der Waals surface area contributed by atoms with Crippen molar-refractivity contribution in [3.05, 3.63) is 23.9 Å². The van der Waals surface area contributed by atoms with Gasteiger partial charge in [-0.15, -0.1) is 0 Å². The predicted molar refractivity (Wildman–Crippen MR) is 57.5 cm³/mol. The maximum absolute atomic E-state index is 12.1. The molecule has 1 aromatic heterocycles. The van der Waals surface area contributed by atoms with E-state index in [1.165, 1.54) is 12.1 Å². The molecule has 1 aliphatic carbocycles. The molecule has 1 aromatic rings. The Balaban J connectivity index is 1.99. The second-order valence-electron chi connectivity index (χ2n) is 4.07. The van der Waals surface area contributed by atoms with Gasteiger partial charge in [0.15, 0.2) is 0 Å². The highest BCUT2D eigenvalue weighted by Gasteiger charge is 2.19. The minimum absolute atomic E-state index is 0.0845. The molecular weight excluding hydrogens is 228 g/mol. The van der Waals surface area contributed by atoms with Crippen molar-refractivity contribution < 1.29 is 18.3 Å². The van der Waals surface area contributed by atoms with Crippen molar-refractivity contribution >= 4 is 5.78 Å². The minimum Gasteiger partial charge on any atom is -0.474 e. The van der Waals surface area contributed by atoms with E-state index in [1.807, 2.05) is 0 Å². The molecule has 0 atom stereocenters. The van der Waals surface area contributed by atoms with Crippen LogP contribution in [-0.2, 0) is 0 Å². The molecule has 3 nitrogen and oxygen atoms in total. The van der Waals surface area contributed by atoms with Gasteiger partial charge in [-0.2, -0.15) is 0 Å². The van der Waals surface area contributed by atoms with E-state index in [4.69, 9.17) is 4.74 Å². The molecule has 1 fully saturated rings. The summed E-state index contributed by atoms with van der Waals surface area (Å²) in [5.41, 5.74) is -0.0845. The van der Waals surface area contributed by atoms with Crippen molar-refractivity contribution in [2.75, 3.05) is 0 Å². The van der Waals surface area contributed by atoms with E-state index in [0.717, 1.165) is 31.9 Å². The Bertz CT molecular complexity index is 386. The highest BCUT2D eigenvalue weighted by atomic mass is 19.3. The number of pyridine rings is 1. The lowest BCUT2D eigenvalue weighted by Gasteiger charge is -2.11. The van der Waals surface area contributed by atoms with Crippen molar-refractivity contribution in [3.8, 4) is 5.88 Å². The predicted octanol–water partition coefficient (Wildman–Crippen LogP) is 2.85. The summed E-state index contributed by atoms with van der Waals surface area (Å²) in [4.78, 5) is 14.8. The summed E-state index contributed by atoms with van der Waals surface area (Å²) >= 11 is 0. The van der Waals surface area contributed by atoms with Crippen molar-refractivity contribution in [2.24, 2.45) is 0 Å². The Morgan fingerprint density at radius 2 is 2.06 bits per heavy atom. The molecule has 1 saturated carbocycles. The van der Waals surface area contributed by atoms with Gasteiger partial charge in [0.2, 0.25) is 11.7 Å². The van der Waals surface area contributed by atoms with E-state index in [2.05, 4.69) is 4.98 Å². The SMILES string of the molecule is O=C(c1ccc(OC2CCCC2)nc1)C(F)F. The third kappa shape index (κ3) is 2.99. The van der Waals surface area contributed by atoms with E-state index in [9.17, 15) is 13.6 Å². The van der Waals surface area contributed by atoms with Crippen LogP contribution in [0.15, 0.2) is 18.3 Å². The van der Waals surface area contributed by atoms with Crippen LogP contribution in [0.1, 0.15) is 36.0 Å². The summed E-state index contributed by atoms with van der Waals surface area (Å²) in [6.07, 6.45) is 2.61. The molecule has 0 aliphatic heterocycles. The molecule has 5 heteroatoms. The zero-order valence-corrected chi connectivity index (χ0v) is 9.23. The van der Waals surface area contributed by atoms with Crippen LogP contribution >= 0.6 is 0 Å². The largest absolute Gasteiger partial charge is 0.474 e. The average Bonchev–Trinajstić information content (AvgIpc) is 2.82. The van der Waals surface area contributed by atoms with Gasteiger partial charge >= 0.3 is 6.43 Å². The molecule has 92 valence electrons. The molecule has 0 N–H and O–H groups in total. The Morgan fingerprint density at radius 1 is 1.35 bits per heavy atom. The lowest BCUT2D eigenvalue weighted by Crippen LogP contribution is -2.13. The van der Waals surface area contributed by atoms with E-state index in [-0.39, 0.29) is 11.7 Å². The Kier molecular flexibility index (Phi) is 3.66. The number of hydrogen-bond donors (Lipinski definition) is 0. The van der Waals surface area contributed by atoms with Crippen LogP contribution in [0.3, 0.4) is 0 Å². The second kappa shape index (κ2) is 5.21. The van der Waals surface area contributed by atoms with Crippen molar-refractivity contribution in [2.45, 2.75) is 38.2 Å². The van der Waals surface area contributed by atoms with E-state index in [1.54, 1.807) is 0 Å². The summed E-state index contributed by atoms with van der Waals surface area (Å²) in [5.74, 6) is -0.812. The van der Waals surface area contributed by atoms with Gasteiger partial charge in [0, 0.05) is 17.8 Å². The van der Waals surface area contributed by atoms with Gasteiger partial charge in [-0.1, -0.05) is 0 Å². The van der Waals surface area contributed by atoms with Crippen molar-refractivity contribution in [1.29, 1.82) is 0 Å². The molecule has 0 radical (unpaired) electrons. The van der Waals surface area contributed by atoms with Crippen LogP contribution in [-0.4, -0.2) is 23.3 Å². The fourth-order valence-electron chi connectivity index (χ4n) is 1.90. The Morgan fingerprint density at radius 3 is 2.59 bits per heavy atom. The zero-order valence-electron chi connectivity index (χ0n) is 9.23. The van der Waals surface area contributed by atoms with Gasteiger partial charge in [-0.3, -0.25) is 4.79 Å². The van der Waals surface area contributed by atoms with Gasteiger partial charge in [0.1, 0.15) is 6.10 Å². The number of aromatic nitrogens is 1. The van der Waals surface area contributed by atoms with Crippen LogP contribution < -0.4 is 4.74 Å². The van der Waals surface area contributed by atoms with Crippen LogP contribution in [0, 0.1) is 0 Å². The third-order valence-electron chi connectivity index (χ3n) is 2.81. The first-order chi connectivity index (χ1) is 8.16. The summed E-state index contributed by atoms with van der Waals surface area (Å²) in [7, 11) is 0. The fourth-order valence-corrected chi connectivity index (χ4v) is 1.90. The quantitative estimate of drug-likeness (QED) is 0.761. The number of nitrogens with zero attached hydrogens (tertiary/aromatic N) is 1. The normalized spacial score (nSPS) is 16.4. The first-order valence-electron chi connectivity index (χ1n) is 5.62. The maximum atomic E-state index is 12.1. The molecule has 0 bridgehead atoms. The average molecular weight is 241 g/mol. The van der Waals surface area contributed by atoms with Gasteiger partial charge in [-0.05, 0) is 31.7 Å². The monoisotopic (exact) mass is 241 g/mol. The second-order valence-corrected chi connectivity index (χ2v) is 4.07.